The first-order chi connectivity index (χ1) is 12.5. The highest BCUT2D eigenvalue weighted by atomic mass is 32.2. The van der Waals surface area contributed by atoms with E-state index in [9.17, 15) is 0 Å². The summed E-state index contributed by atoms with van der Waals surface area (Å²) in [6.45, 7) is 12.8. The molecular formula is C20H39N5S. The Labute approximate surface area is 164 Å². The van der Waals surface area contributed by atoms with Crippen LogP contribution in [0.4, 0.5) is 0 Å². The maximum Gasteiger partial charge on any atom is 0.191 e. The molecule has 3 fully saturated rings. The zero-order chi connectivity index (χ0) is 18.6. The first kappa shape index (κ1) is 20.3. The van der Waals surface area contributed by atoms with Crippen LogP contribution in [0.2, 0.25) is 0 Å². The molecule has 2 atom stereocenters. The van der Waals surface area contributed by atoms with Gasteiger partial charge >= 0.3 is 0 Å². The van der Waals surface area contributed by atoms with Crippen LogP contribution in [-0.4, -0.2) is 84.7 Å². The van der Waals surface area contributed by atoms with E-state index in [1.54, 1.807) is 0 Å². The van der Waals surface area contributed by atoms with E-state index in [2.05, 4.69) is 58.0 Å². The number of guanidine groups is 1. The highest BCUT2D eigenvalue weighted by Gasteiger charge is 2.40. The number of nitrogens with one attached hydrogen (secondary N) is 2. The summed E-state index contributed by atoms with van der Waals surface area (Å²) in [6.07, 6.45) is 5.42. The molecule has 2 N–H and O–H groups in total. The second-order valence-corrected chi connectivity index (χ2v) is 9.96. The van der Waals surface area contributed by atoms with Crippen molar-refractivity contribution in [3.8, 4) is 0 Å². The van der Waals surface area contributed by atoms with Crippen molar-refractivity contribution in [3.05, 3.63) is 0 Å². The molecule has 0 radical (unpaired) electrons. The fourth-order valence-electron chi connectivity index (χ4n) is 4.91. The molecule has 2 saturated heterocycles. The van der Waals surface area contributed by atoms with Gasteiger partial charge in [-0.3, -0.25) is 14.8 Å². The van der Waals surface area contributed by atoms with Gasteiger partial charge in [0.1, 0.15) is 0 Å². The van der Waals surface area contributed by atoms with Crippen molar-refractivity contribution in [2.24, 2.45) is 10.9 Å². The van der Waals surface area contributed by atoms with E-state index in [0.29, 0.717) is 23.5 Å². The Kier molecular flexibility index (Phi) is 7.14. The molecule has 0 bridgehead atoms. The molecular weight excluding hydrogens is 342 g/mol. The van der Waals surface area contributed by atoms with E-state index in [1.807, 2.05) is 7.05 Å². The van der Waals surface area contributed by atoms with Gasteiger partial charge in [-0.25, -0.2) is 0 Å². The molecule has 1 aliphatic carbocycles. The van der Waals surface area contributed by atoms with Crippen molar-refractivity contribution in [2.75, 3.05) is 51.3 Å². The largest absolute Gasteiger partial charge is 0.355 e. The molecule has 0 spiro atoms. The number of hydrogen-bond donors (Lipinski definition) is 2. The molecule has 3 rings (SSSR count). The summed E-state index contributed by atoms with van der Waals surface area (Å²) >= 11 is 2.11. The van der Waals surface area contributed by atoms with Crippen LogP contribution in [0.3, 0.4) is 0 Å². The maximum atomic E-state index is 4.55. The highest BCUT2D eigenvalue weighted by molar-refractivity contribution is 7.99. The molecule has 1 saturated carbocycles. The first-order valence-electron chi connectivity index (χ1n) is 10.6. The van der Waals surface area contributed by atoms with Crippen LogP contribution in [0.1, 0.15) is 46.5 Å². The number of thioether (sulfide) groups is 1. The summed E-state index contributed by atoms with van der Waals surface area (Å²) in [5, 5.41) is 7.43. The quantitative estimate of drug-likeness (QED) is 0.565. The first-order valence-corrected chi connectivity index (χ1v) is 11.7. The Morgan fingerprint density at radius 1 is 1.19 bits per heavy atom. The summed E-state index contributed by atoms with van der Waals surface area (Å²) in [4.78, 5) is 9.89. The van der Waals surface area contributed by atoms with Crippen LogP contribution in [0.5, 0.6) is 0 Å². The smallest absolute Gasteiger partial charge is 0.191 e. The van der Waals surface area contributed by atoms with Gasteiger partial charge in [0, 0.05) is 68.9 Å². The van der Waals surface area contributed by atoms with E-state index in [0.717, 1.165) is 19.0 Å². The van der Waals surface area contributed by atoms with Gasteiger partial charge in [0.15, 0.2) is 5.96 Å². The normalized spacial score (nSPS) is 30.9. The average molecular weight is 382 g/mol. The SMILES string of the molecule is CN=C(NCC1(N2CCSCC2)CCCC1)NC1CN(C(C)C)CC1C. The fraction of sp³-hybridized carbons (Fsp3) is 0.950. The van der Waals surface area contributed by atoms with E-state index >= 15 is 0 Å². The van der Waals surface area contributed by atoms with Crippen LogP contribution >= 0.6 is 11.8 Å². The molecule has 0 aromatic carbocycles. The van der Waals surface area contributed by atoms with Crippen LogP contribution in [0, 0.1) is 5.92 Å². The minimum atomic E-state index is 0.351. The molecule has 0 aromatic heterocycles. The number of hydrogen-bond acceptors (Lipinski definition) is 4. The van der Waals surface area contributed by atoms with E-state index in [4.69, 9.17) is 0 Å². The van der Waals surface area contributed by atoms with Gasteiger partial charge in [-0.15, -0.1) is 0 Å². The summed E-state index contributed by atoms with van der Waals surface area (Å²) in [5.41, 5.74) is 0.351. The maximum absolute atomic E-state index is 4.55. The Hall–Kier alpha value is -0.460. The van der Waals surface area contributed by atoms with Crippen molar-refractivity contribution in [3.63, 3.8) is 0 Å². The molecule has 0 amide bonds. The van der Waals surface area contributed by atoms with Crippen molar-refractivity contribution in [1.29, 1.82) is 0 Å². The third kappa shape index (κ3) is 4.68. The van der Waals surface area contributed by atoms with Gasteiger partial charge in [0.25, 0.3) is 0 Å². The summed E-state index contributed by atoms with van der Waals surface area (Å²) < 4.78 is 0. The zero-order valence-electron chi connectivity index (χ0n) is 17.3. The van der Waals surface area contributed by atoms with Crippen molar-refractivity contribution >= 4 is 17.7 Å². The fourth-order valence-corrected chi connectivity index (χ4v) is 5.81. The molecule has 6 heteroatoms. The molecule has 26 heavy (non-hydrogen) atoms. The highest BCUT2D eigenvalue weighted by Crippen LogP contribution is 2.36. The Morgan fingerprint density at radius 2 is 1.88 bits per heavy atom. The number of nitrogens with zero attached hydrogens (tertiary/aromatic N) is 3. The van der Waals surface area contributed by atoms with E-state index < -0.39 is 0 Å². The van der Waals surface area contributed by atoms with Gasteiger partial charge in [-0.1, -0.05) is 19.8 Å². The second kappa shape index (κ2) is 9.16. The van der Waals surface area contributed by atoms with Crippen molar-refractivity contribution in [1.82, 2.24) is 20.4 Å². The third-order valence-electron chi connectivity index (χ3n) is 6.72. The van der Waals surface area contributed by atoms with Crippen molar-refractivity contribution in [2.45, 2.75) is 64.1 Å². The van der Waals surface area contributed by atoms with Gasteiger partial charge in [-0.2, -0.15) is 11.8 Å². The monoisotopic (exact) mass is 381 g/mol. The Bertz CT molecular complexity index is 469. The summed E-state index contributed by atoms with van der Waals surface area (Å²) in [5.74, 6) is 4.24. The molecule has 3 aliphatic rings. The van der Waals surface area contributed by atoms with Gasteiger partial charge in [0.2, 0.25) is 0 Å². The van der Waals surface area contributed by atoms with Crippen LogP contribution < -0.4 is 10.6 Å². The minimum absolute atomic E-state index is 0.351. The van der Waals surface area contributed by atoms with Crippen LogP contribution in [0.25, 0.3) is 0 Å². The predicted molar refractivity (Wildman–Crippen MR) is 114 cm³/mol. The Morgan fingerprint density at radius 3 is 2.46 bits per heavy atom. The molecule has 2 aliphatic heterocycles. The summed E-state index contributed by atoms with van der Waals surface area (Å²) in [7, 11) is 1.91. The Balaban J connectivity index is 1.56. The molecule has 5 nitrogen and oxygen atoms in total. The topological polar surface area (TPSA) is 42.9 Å². The molecule has 2 heterocycles. The minimum Gasteiger partial charge on any atom is -0.355 e. The summed E-state index contributed by atoms with van der Waals surface area (Å²) in [6, 6.07) is 1.12. The number of rotatable bonds is 5. The lowest BCUT2D eigenvalue weighted by atomic mass is 9.94. The van der Waals surface area contributed by atoms with Gasteiger partial charge in [-0.05, 0) is 32.6 Å². The molecule has 2 unspecified atom stereocenters. The van der Waals surface area contributed by atoms with Crippen LogP contribution in [-0.2, 0) is 0 Å². The predicted octanol–water partition coefficient (Wildman–Crippen LogP) is 2.24. The van der Waals surface area contributed by atoms with Gasteiger partial charge in [0.05, 0.1) is 0 Å². The number of aliphatic imine (C=N–C) groups is 1. The zero-order valence-corrected chi connectivity index (χ0v) is 18.1. The van der Waals surface area contributed by atoms with Crippen LogP contribution in [0.15, 0.2) is 4.99 Å². The molecule has 150 valence electrons. The second-order valence-electron chi connectivity index (χ2n) is 8.73. The number of likely N-dealkylation sites (tertiary alicyclic amines) is 1. The standard InChI is InChI=1S/C20H39N5S/c1-16(2)24-13-17(3)18(14-24)23-19(21-4)22-15-20(7-5-6-8-20)25-9-11-26-12-10-25/h16-18H,5-15H2,1-4H3,(H2,21,22,23). The van der Waals surface area contributed by atoms with E-state index in [1.165, 1.54) is 56.8 Å². The lowest BCUT2D eigenvalue weighted by Crippen LogP contribution is -2.58. The van der Waals surface area contributed by atoms with E-state index in [-0.39, 0.29) is 0 Å². The molecule has 0 aromatic rings. The van der Waals surface area contributed by atoms with Crippen molar-refractivity contribution < 1.29 is 0 Å². The third-order valence-corrected chi connectivity index (χ3v) is 7.66. The van der Waals surface area contributed by atoms with Gasteiger partial charge < -0.3 is 10.6 Å². The average Bonchev–Trinajstić information content (AvgIpc) is 3.27. The lowest BCUT2D eigenvalue weighted by Gasteiger charge is -2.44. The lowest BCUT2D eigenvalue weighted by molar-refractivity contribution is 0.107.